The van der Waals surface area contributed by atoms with Gasteiger partial charge in [-0.2, -0.15) is 0 Å². The van der Waals surface area contributed by atoms with E-state index in [1.165, 1.54) is 54.7 Å². The molecule has 1 N–H and O–H groups in total. The number of likely N-dealkylation sites (tertiary alicyclic amines) is 1. The number of hydrogen-bond donors (Lipinski definition) is 1. The third-order valence-electron chi connectivity index (χ3n) is 15.4. The number of thioether (sulfide) groups is 1. The van der Waals surface area contributed by atoms with Gasteiger partial charge in [0.1, 0.15) is 46.3 Å². The second-order valence-electron chi connectivity index (χ2n) is 20.6. The van der Waals surface area contributed by atoms with E-state index in [1.54, 1.807) is 45.2 Å². The number of amides is 6. The van der Waals surface area contributed by atoms with E-state index < -0.39 is 100 Å². The van der Waals surface area contributed by atoms with E-state index >= 15 is 0 Å². The van der Waals surface area contributed by atoms with E-state index in [4.69, 9.17) is 40.1 Å². The van der Waals surface area contributed by atoms with Crippen LogP contribution in [0.5, 0.6) is 5.75 Å². The molecular weight excluding hydrogens is 1000 g/mol. The zero-order valence-corrected chi connectivity index (χ0v) is 44.7. The van der Waals surface area contributed by atoms with Crippen LogP contribution in [-0.4, -0.2) is 161 Å². The zero-order valence-electron chi connectivity index (χ0n) is 43.1. The Balaban J connectivity index is 0.986. The maximum Gasteiger partial charge on any atom is 0.336 e. The average molecular weight is 1070 g/mol. The fraction of sp³-hybridized carbons (Fsp3) is 0.635. The number of methoxy groups -OCH3 is 2. The molecule has 1 aromatic carbocycles. The van der Waals surface area contributed by atoms with Gasteiger partial charge in [0.25, 0.3) is 11.8 Å². The highest BCUT2D eigenvalue weighted by Crippen LogP contribution is 2.50. The van der Waals surface area contributed by atoms with E-state index in [9.17, 15) is 48.3 Å². The summed E-state index contributed by atoms with van der Waals surface area (Å²) in [6.07, 6.45) is 3.11. The first-order valence-electron chi connectivity index (χ1n) is 25.1. The third-order valence-corrected chi connectivity index (χ3v) is 17.0. The highest BCUT2D eigenvalue weighted by Gasteiger charge is 2.64. The number of imide groups is 2. The van der Waals surface area contributed by atoms with Gasteiger partial charge in [-0.1, -0.05) is 42.3 Å². The Morgan fingerprint density at radius 3 is 2.35 bits per heavy atom. The minimum absolute atomic E-state index is 0.00121. The lowest BCUT2D eigenvalue weighted by atomic mass is 9.78. The number of nitrogens with zero attached hydrogens (tertiary/aromatic N) is 4. The van der Waals surface area contributed by atoms with Crippen molar-refractivity contribution in [3.05, 3.63) is 46.5 Å². The molecule has 0 aromatic heterocycles. The Morgan fingerprint density at radius 2 is 1.69 bits per heavy atom. The number of aliphatic hydroxyl groups is 1. The summed E-state index contributed by atoms with van der Waals surface area (Å²) in [4.78, 5) is 127. The van der Waals surface area contributed by atoms with Gasteiger partial charge in [0.15, 0.2) is 0 Å². The first kappa shape index (κ1) is 56.4. The normalized spacial score (nSPS) is 32.3. The van der Waals surface area contributed by atoms with Crippen molar-refractivity contribution in [1.82, 2.24) is 14.9 Å². The maximum absolute atomic E-state index is 14.4. The SMILES string of the molecule is COc1cc2cc(c1Cl)N(C)C(=O)C[C@H](OC(=O)[C@H](C)N(C)C(=O)CCS[C@H]1CC(=O)N(CC3CCC(C(=O)ON4C(=O)CCC4=O)CC3)C1=O)[C@]1(C)O[C@H]1[C@H](C)[C@@H]1C[C@@](O)(CC(=O)O1)[C@H](OC)/C=C/C=C(\C)C2. The van der Waals surface area contributed by atoms with Crippen LogP contribution in [0.4, 0.5) is 5.69 Å². The molecule has 5 heterocycles. The molecule has 0 radical (unpaired) electrons. The van der Waals surface area contributed by atoms with Crippen LogP contribution in [0, 0.1) is 17.8 Å². The van der Waals surface area contributed by atoms with Gasteiger partial charge in [0.05, 0.1) is 42.9 Å². The van der Waals surface area contributed by atoms with Crippen LogP contribution < -0.4 is 9.64 Å². The van der Waals surface area contributed by atoms with Gasteiger partial charge in [-0.3, -0.25) is 38.5 Å². The van der Waals surface area contributed by atoms with Crippen molar-refractivity contribution in [2.24, 2.45) is 17.8 Å². The summed E-state index contributed by atoms with van der Waals surface area (Å²) in [6, 6.07) is 2.39. The van der Waals surface area contributed by atoms with Crippen LogP contribution in [-0.2, 0) is 73.4 Å². The minimum Gasteiger partial charge on any atom is -0.495 e. The number of epoxide rings is 1. The first-order chi connectivity index (χ1) is 35.0. The smallest absolute Gasteiger partial charge is 0.336 e. The number of carbonyl (C=O) groups excluding carboxylic acids is 9. The first-order valence-corrected chi connectivity index (χ1v) is 26.5. The molecule has 6 aliphatic rings. The standard InChI is InChI=1S/C52H67ClN4O16S/c1-28-10-9-11-38(69-8)52(67)25-36(70-45(63)26-52)29(2)47-51(4,72-47)39(24-43(61)55(6)34-21-32(20-28)22-35(68-7)46(34)53)71-49(65)30(3)54(5)40(58)18-19-74-37-23-44(62)56(48(37)64)27-31-12-14-33(15-13-31)50(66)73-57-41(59)16-17-42(57)60/h9-11,21-22,29-31,33,36-39,47,67H,12-20,23-27H2,1-8H3/b11-9+,28-10+/t29-,30+,31?,33?,36+,37+,38-,39+,47+,51+,52-/m1/s1. The number of fused-ring (bicyclic) bond motifs is 5. The van der Waals surface area contributed by atoms with Crippen LogP contribution in [0.2, 0.25) is 5.02 Å². The summed E-state index contributed by atoms with van der Waals surface area (Å²) in [5.41, 5.74) is -0.914. The lowest BCUT2D eigenvalue weighted by molar-refractivity contribution is -0.201. The van der Waals surface area contributed by atoms with E-state index in [2.05, 4.69) is 0 Å². The molecule has 1 saturated carbocycles. The van der Waals surface area contributed by atoms with Crippen LogP contribution in [0.1, 0.15) is 104 Å². The Morgan fingerprint density at radius 1 is 1.00 bits per heavy atom. The van der Waals surface area contributed by atoms with Crippen molar-refractivity contribution in [2.75, 3.05) is 45.5 Å². The van der Waals surface area contributed by atoms with Gasteiger partial charge in [-0.25, -0.2) is 9.59 Å². The van der Waals surface area contributed by atoms with Crippen molar-refractivity contribution < 1.29 is 76.8 Å². The van der Waals surface area contributed by atoms with E-state index in [0.717, 1.165) is 11.1 Å². The molecule has 0 spiro atoms. The van der Waals surface area contributed by atoms with Gasteiger partial charge < -0.3 is 43.4 Å². The Labute approximate surface area is 439 Å². The number of benzene rings is 1. The fourth-order valence-corrected chi connectivity index (χ4v) is 12.0. The highest BCUT2D eigenvalue weighted by molar-refractivity contribution is 8.00. The number of esters is 2. The Hall–Kier alpha value is -5.35. The zero-order chi connectivity index (χ0) is 54.0. The molecule has 22 heteroatoms. The van der Waals surface area contributed by atoms with Gasteiger partial charge in [0, 0.05) is 71.5 Å². The number of hydrogen-bond acceptors (Lipinski definition) is 17. The fourth-order valence-electron chi connectivity index (χ4n) is 10.6. The molecule has 5 fully saturated rings. The molecule has 7 rings (SSSR count). The second-order valence-corrected chi connectivity index (χ2v) is 22.3. The maximum atomic E-state index is 14.4. The molecule has 6 amide bonds. The predicted octanol–water partition coefficient (Wildman–Crippen LogP) is 4.43. The molecule has 1 aromatic rings. The van der Waals surface area contributed by atoms with Crippen molar-refractivity contribution in [3.63, 3.8) is 0 Å². The lowest BCUT2D eigenvalue weighted by Crippen LogP contribution is -2.53. The van der Waals surface area contributed by atoms with Crippen LogP contribution >= 0.6 is 23.4 Å². The summed E-state index contributed by atoms with van der Waals surface area (Å²) in [6.45, 7) is 7.06. The molecule has 5 aliphatic heterocycles. The molecule has 1 aliphatic carbocycles. The number of ether oxygens (including phenoxy) is 5. The lowest BCUT2D eigenvalue weighted by Gasteiger charge is -2.41. The largest absolute Gasteiger partial charge is 0.495 e. The number of rotatable bonds is 13. The quantitative estimate of drug-likeness (QED) is 0.163. The van der Waals surface area contributed by atoms with Crippen LogP contribution in [0.15, 0.2) is 35.9 Å². The van der Waals surface area contributed by atoms with Gasteiger partial charge in [-0.15, -0.1) is 16.8 Å². The highest BCUT2D eigenvalue weighted by atomic mass is 35.5. The van der Waals surface area contributed by atoms with Crippen molar-refractivity contribution >= 4 is 82.4 Å². The molecule has 74 heavy (non-hydrogen) atoms. The topological polar surface area (TPSA) is 245 Å². The summed E-state index contributed by atoms with van der Waals surface area (Å²) < 4.78 is 29.6. The molecule has 4 saturated heterocycles. The van der Waals surface area contributed by atoms with Gasteiger partial charge >= 0.3 is 17.9 Å². The van der Waals surface area contributed by atoms with Crippen molar-refractivity contribution in [2.45, 2.75) is 152 Å². The van der Waals surface area contributed by atoms with E-state index in [1.807, 2.05) is 13.0 Å². The summed E-state index contributed by atoms with van der Waals surface area (Å²) in [5.74, 6) is -5.47. The monoisotopic (exact) mass is 1070 g/mol. The molecule has 0 unspecified atom stereocenters. The molecule has 9 atom stereocenters. The van der Waals surface area contributed by atoms with Gasteiger partial charge in [-0.05, 0) is 76.5 Å². The summed E-state index contributed by atoms with van der Waals surface area (Å²) >= 11 is 7.99. The van der Waals surface area contributed by atoms with Crippen LogP contribution in [0.25, 0.3) is 0 Å². The number of carbonyl (C=O) groups is 9. The van der Waals surface area contributed by atoms with Crippen molar-refractivity contribution in [1.29, 1.82) is 0 Å². The minimum atomic E-state index is -1.64. The number of halogens is 1. The third kappa shape index (κ3) is 12.3. The average Bonchev–Trinajstić information content (AvgIpc) is 3.87. The van der Waals surface area contributed by atoms with E-state index in [-0.39, 0.29) is 80.0 Å². The summed E-state index contributed by atoms with van der Waals surface area (Å²) in [7, 11) is 5.90. The Kier molecular flexibility index (Phi) is 17.7. The van der Waals surface area contributed by atoms with Gasteiger partial charge in [0.2, 0.25) is 23.6 Å². The Bertz CT molecular complexity index is 2460. The molecule has 404 valence electrons. The van der Waals surface area contributed by atoms with Crippen LogP contribution in [0.3, 0.4) is 0 Å². The number of hydroxylamine groups is 2. The summed E-state index contributed by atoms with van der Waals surface area (Å²) in [5, 5.41) is 12.0. The molecular formula is C52H67ClN4O16S. The number of likely N-dealkylation sites (N-methyl/N-ethyl adjacent to an activating group) is 1. The second kappa shape index (κ2) is 23.3. The van der Waals surface area contributed by atoms with Crippen molar-refractivity contribution in [3.8, 4) is 5.75 Å². The predicted molar refractivity (Wildman–Crippen MR) is 267 cm³/mol. The van der Waals surface area contributed by atoms with E-state index in [0.29, 0.717) is 48.6 Å². The molecule has 20 nitrogen and oxygen atoms in total. The molecule has 4 bridgehead atoms. The number of allylic oxidation sites excluding steroid dienone is 3. The number of anilines is 1.